The fraction of sp³-hybridized carbons (Fsp3) is 0.533. The first-order valence-corrected chi connectivity index (χ1v) is 7.85. The third-order valence-electron chi connectivity index (χ3n) is 3.73. The zero-order valence-electron chi connectivity index (χ0n) is 11.3. The van der Waals surface area contributed by atoms with Gasteiger partial charge in [-0.3, -0.25) is 5.41 Å². The zero-order chi connectivity index (χ0) is 13.8. The lowest BCUT2D eigenvalue weighted by Gasteiger charge is -2.26. The standard InChI is InChI=1S/C15H21FN2S/c1-10-3-2-4-13(7-10)19-9-12-6-5-11(15(17)18)8-14(12)16/h5-6,8,10,13H,2-4,7,9H2,1H3,(H3,17,18). The summed E-state index contributed by atoms with van der Waals surface area (Å²) in [5.74, 6) is 1.18. The van der Waals surface area contributed by atoms with Crippen molar-refractivity contribution < 1.29 is 4.39 Å². The molecule has 1 aliphatic rings. The number of rotatable bonds is 4. The number of hydrogen-bond acceptors (Lipinski definition) is 2. The van der Waals surface area contributed by atoms with Crippen molar-refractivity contribution in [3.63, 3.8) is 0 Å². The fourth-order valence-corrected chi connectivity index (χ4v) is 4.02. The Hall–Kier alpha value is -1.03. The molecule has 1 aliphatic carbocycles. The number of nitrogens with two attached hydrogens (primary N) is 1. The van der Waals surface area contributed by atoms with Crippen LogP contribution in [0.4, 0.5) is 4.39 Å². The van der Waals surface area contributed by atoms with Gasteiger partial charge in [-0.1, -0.05) is 31.9 Å². The van der Waals surface area contributed by atoms with Crippen LogP contribution in [0.3, 0.4) is 0 Å². The van der Waals surface area contributed by atoms with E-state index in [0.717, 1.165) is 5.92 Å². The van der Waals surface area contributed by atoms with Gasteiger partial charge in [-0.15, -0.1) is 0 Å². The molecule has 0 bridgehead atoms. The molecule has 1 aromatic rings. The predicted molar refractivity (Wildman–Crippen MR) is 80.1 cm³/mol. The number of halogens is 1. The molecule has 19 heavy (non-hydrogen) atoms. The maximum atomic E-state index is 13.9. The van der Waals surface area contributed by atoms with Crippen LogP contribution in [-0.4, -0.2) is 11.1 Å². The van der Waals surface area contributed by atoms with Crippen LogP contribution in [0, 0.1) is 17.1 Å². The molecular formula is C15H21FN2S. The van der Waals surface area contributed by atoms with Crippen molar-refractivity contribution in [3.8, 4) is 0 Å². The Bertz CT molecular complexity index is 461. The number of benzene rings is 1. The van der Waals surface area contributed by atoms with Crippen LogP contribution < -0.4 is 5.73 Å². The maximum Gasteiger partial charge on any atom is 0.127 e. The normalized spacial score (nSPS) is 23.3. The third-order valence-corrected chi connectivity index (χ3v) is 5.10. The maximum absolute atomic E-state index is 13.9. The molecule has 0 aliphatic heterocycles. The Morgan fingerprint density at radius 1 is 1.47 bits per heavy atom. The first-order valence-electron chi connectivity index (χ1n) is 6.80. The van der Waals surface area contributed by atoms with Crippen molar-refractivity contribution in [2.75, 3.05) is 0 Å². The summed E-state index contributed by atoms with van der Waals surface area (Å²) < 4.78 is 13.9. The van der Waals surface area contributed by atoms with Crippen LogP contribution in [0.1, 0.15) is 43.7 Å². The molecule has 2 nitrogen and oxygen atoms in total. The van der Waals surface area contributed by atoms with Crippen molar-refractivity contribution >= 4 is 17.6 Å². The molecule has 0 aromatic heterocycles. The van der Waals surface area contributed by atoms with Crippen LogP contribution in [0.2, 0.25) is 0 Å². The Morgan fingerprint density at radius 3 is 2.89 bits per heavy atom. The highest BCUT2D eigenvalue weighted by Gasteiger charge is 2.19. The summed E-state index contributed by atoms with van der Waals surface area (Å²) in [5, 5.41) is 7.96. The second kappa shape index (κ2) is 6.42. The number of nitrogens with one attached hydrogen (secondary N) is 1. The fourth-order valence-electron chi connectivity index (χ4n) is 2.57. The summed E-state index contributed by atoms with van der Waals surface area (Å²) in [4.78, 5) is 0. The number of nitrogen functional groups attached to an aromatic ring is 1. The van der Waals surface area contributed by atoms with Crippen LogP contribution in [-0.2, 0) is 5.75 Å². The van der Waals surface area contributed by atoms with Gasteiger partial charge in [0.2, 0.25) is 0 Å². The average Bonchev–Trinajstić information content (AvgIpc) is 2.37. The molecule has 0 radical (unpaired) electrons. The highest BCUT2D eigenvalue weighted by Crippen LogP contribution is 2.33. The van der Waals surface area contributed by atoms with Gasteiger partial charge < -0.3 is 5.73 Å². The smallest absolute Gasteiger partial charge is 0.127 e. The van der Waals surface area contributed by atoms with Gasteiger partial charge in [-0.2, -0.15) is 11.8 Å². The van der Waals surface area contributed by atoms with Gasteiger partial charge in [0.15, 0.2) is 0 Å². The molecule has 104 valence electrons. The molecule has 1 saturated carbocycles. The molecule has 2 rings (SSSR count). The number of amidine groups is 1. The molecule has 0 saturated heterocycles. The molecule has 1 aromatic carbocycles. The van der Waals surface area contributed by atoms with Crippen LogP contribution >= 0.6 is 11.8 Å². The minimum Gasteiger partial charge on any atom is -0.384 e. The van der Waals surface area contributed by atoms with Crippen LogP contribution in [0.5, 0.6) is 0 Å². The number of hydrogen-bond donors (Lipinski definition) is 2. The van der Waals surface area contributed by atoms with Crippen molar-refractivity contribution in [1.82, 2.24) is 0 Å². The lowest BCUT2D eigenvalue weighted by Crippen LogP contribution is -2.15. The summed E-state index contributed by atoms with van der Waals surface area (Å²) in [6.45, 7) is 2.30. The summed E-state index contributed by atoms with van der Waals surface area (Å²) in [5.41, 5.74) is 6.52. The van der Waals surface area contributed by atoms with E-state index in [4.69, 9.17) is 11.1 Å². The van der Waals surface area contributed by atoms with E-state index in [0.29, 0.717) is 22.1 Å². The van der Waals surface area contributed by atoms with Gasteiger partial charge in [-0.25, -0.2) is 4.39 Å². The van der Waals surface area contributed by atoms with E-state index in [9.17, 15) is 4.39 Å². The van der Waals surface area contributed by atoms with Crippen molar-refractivity contribution in [2.24, 2.45) is 11.7 Å². The zero-order valence-corrected chi connectivity index (χ0v) is 12.1. The minimum absolute atomic E-state index is 0.0841. The second-order valence-corrected chi connectivity index (χ2v) is 6.71. The van der Waals surface area contributed by atoms with Gasteiger partial charge in [-0.05, 0) is 30.4 Å². The number of thioether (sulfide) groups is 1. The van der Waals surface area contributed by atoms with E-state index >= 15 is 0 Å². The quantitative estimate of drug-likeness (QED) is 0.648. The molecular weight excluding hydrogens is 259 g/mol. The molecule has 0 heterocycles. The van der Waals surface area contributed by atoms with Gasteiger partial charge in [0, 0.05) is 16.6 Å². The van der Waals surface area contributed by atoms with Crippen molar-refractivity contribution in [1.29, 1.82) is 5.41 Å². The van der Waals surface area contributed by atoms with E-state index in [2.05, 4.69) is 6.92 Å². The second-order valence-electron chi connectivity index (χ2n) is 5.42. The van der Waals surface area contributed by atoms with Gasteiger partial charge >= 0.3 is 0 Å². The van der Waals surface area contributed by atoms with E-state index in [1.54, 1.807) is 12.1 Å². The molecule has 2 unspecified atom stereocenters. The molecule has 2 atom stereocenters. The summed E-state index contributed by atoms with van der Waals surface area (Å²) in [6, 6.07) is 4.85. The van der Waals surface area contributed by atoms with E-state index in [-0.39, 0.29) is 11.7 Å². The SMILES string of the molecule is CC1CCCC(SCc2ccc(C(=N)N)cc2F)C1. The van der Waals surface area contributed by atoms with Crippen molar-refractivity contribution in [2.45, 2.75) is 43.6 Å². The summed E-state index contributed by atoms with van der Waals surface area (Å²) >= 11 is 1.86. The molecule has 0 amide bonds. The molecule has 1 fully saturated rings. The first-order chi connectivity index (χ1) is 9.06. The summed E-state index contributed by atoms with van der Waals surface area (Å²) in [6.07, 6.45) is 5.13. The highest BCUT2D eigenvalue weighted by atomic mass is 32.2. The Labute approximate surface area is 118 Å². The lowest BCUT2D eigenvalue weighted by molar-refractivity contribution is 0.394. The predicted octanol–water partition coefficient (Wildman–Crippen LogP) is 3.92. The van der Waals surface area contributed by atoms with E-state index in [1.807, 2.05) is 11.8 Å². The Kier molecular flexibility index (Phi) is 4.86. The van der Waals surface area contributed by atoms with Gasteiger partial charge in [0.25, 0.3) is 0 Å². The largest absolute Gasteiger partial charge is 0.384 e. The Balaban J connectivity index is 1.94. The Morgan fingerprint density at radius 2 is 2.26 bits per heavy atom. The average molecular weight is 280 g/mol. The van der Waals surface area contributed by atoms with Crippen LogP contribution in [0.15, 0.2) is 18.2 Å². The summed E-state index contributed by atoms with van der Waals surface area (Å²) in [7, 11) is 0. The molecule has 3 N–H and O–H groups in total. The van der Waals surface area contributed by atoms with Gasteiger partial charge in [0.1, 0.15) is 11.7 Å². The van der Waals surface area contributed by atoms with Crippen LogP contribution in [0.25, 0.3) is 0 Å². The lowest BCUT2D eigenvalue weighted by atomic mass is 9.91. The van der Waals surface area contributed by atoms with Gasteiger partial charge in [0.05, 0.1) is 0 Å². The third kappa shape index (κ3) is 3.96. The van der Waals surface area contributed by atoms with Crippen molar-refractivity contribution in [3.05, 3.63) is 35.1 Å². The molecule has 4 heteroatoms. The topological polar surface area (TPSA) is 49.9 Å². The van der Waals surface area contributed by atoms with E-state index in [1.165, 1.54) is 31.7 Å². The monoisotopic (exact) mass is 280 g/mol. The first kappa shape index (κ1) is 14.4. The minimum atomic E-state index is -0.246. The van der Waals surface area contributed by atoms with E-state index < -0.39 is 0 Å². The highest BCUT2D eigenvalue weighted by molar-refractivity contribution is 7.99. The molecule has 0 spiro atoms.